The summed E-state index contributed by atoms with van der Waals surface area (Å²) in [4.78, 5) is 0. The molecule has 2 heterocycles. The normalized spacial score (nSPS) is 19.8. The molecule has 0 spiro atoms. The Bertz CT molecular complexity index is 976. The summed E-state index contributed by atoms with van der Waals surface area (Å²) in [6.07, 6.45) is 2.55. The van der Waals surface area contributed by atoms with E-state index in [-0.39, 0.29) is 17.5 Å². The van der Waals surface area contributed by atoms with Gasteiger partial charge in [0, 0.05) is 18.0 Å². The molecule has 0 amide bonds. The molecular formula is C17H18N4O2S. The zero-order valence-electron chi connectivity index (χ0n) is 13.1. The molecule has 0 aliphatic carbocycles. The lowest BCUT2D eigenvalue weighted by molar-refractivity contribution is 0.548. The molecule has 4 rings (SSSR count). The third-order valence-corrected chi connectivity index (χ3v) is 6.13. The van der Waals surface area contributed by atoms with Gasteiger partial charge in [-0.05, 0) is 17.9 Å². The summed E-state index contributed by atoms with van der Waals surface area (Å²) in [5.41, 5.74) is 1.78. The molecule has 6 nitrogen and oxygen atoms in total. The van der Waals surface area contributed by atoms with Gasteiger partial charge in [0.1, 0.15) is 0 Å². The molecule has 1 aliphatic heterocycles. The van der Waals surface area contributed by atoms with E-state index < -0.39 is 9.84 Å². The van der Waals surface area contributed by atoms with E-state index in [1.54, 1.807) is 4.68 Å². The second-order valence-corrected chi connectivity index (χ2v) is 8.36. The van der Waals surface area contributed by atoms with Gasteiger partial charge in [0.05, 0.1) is 29.1 Å². The van der Waals surface area contributed by atoms with Crippen LogP contribution in [0.15, 0.2) is 48.7 Å². The monoisotopic (exact) mass is 342 g/mol. The van der Waals surface area contributed by atoms with Gasteiger partial charge in [0.2, 0.25) is 0 Å². The highest BCUT2D eigenvalue weighted by atomic mass is 32.2. The Morgan fingerprint density at radius 1 is 1.17 bits per heavy atom. The highest BCUT2D eigenvalue weighted by Gasteiger charge is 2.27. The summed E-state index contributed by atoms with van der Waals surface area (Å²) in [5, 5.41) is 13.9. The largest absolute Gasteiger partial charge is 0.307 e. The van der Waals surface area contributed by atoms with Crippen molar-refractivity contribution in [2.45, 2.75) is 19.0 Å². The molecule has 1 atom stereocenters. The Morgan fingerprint density at radius 2 is 2.00 bits per heavy atom. The lowest BCUT2D eigenvalue weighted by Gasteiger charge is -2.08. The van der Waals surface area contributed by atoms with Crippen molar-refractivity contribution in [2.75, 3.05) is 11.5 Å². The molecular weight excluding hydrogens is 324 g/mol. The molecule has 0 bridgehead atoms. The van der Waals surface area contributed by atoms with Crippen LogP contribution < -0.4 is 5.32 Å². The Hall–Kier alpha value is -2.25. The number of benzene rings is 2. The standard InChI is InChI=1S/C17H18N4O2S/c22-24(23)9-8-14(12-24)18-10-15-11-21(20-19-15)17-7-3-5-13-4-1-2-6-16(13)17/h1-7,11,14,18H,8-10,12H2. The molecule has 0 radical (unpaired) electrons. The number of hydrogen-bond donors (Lipinski definition) is 1. The summed E-state index contributed by atoms with van der Waals surface area (Å²) < 4.78 is 24.8. The van der Waals surface area contributed by atoms with Crippen LogP contribution in [0.25, 0.3) is 16.5 Å². The maximum atomic E-state index is 11.5. The number of hydrogen-bond acceptors (Lipinski definition) is 5. The highest BCUT2D eigenvalue weighted by molar-refractivity contribution is 7.91. The van der Waals surface area contributed by atoms with Crippen molar-refractivity contribution in [1.29, 1.82) is 0 Å². The van der Waals surface area contributed by atoms with Gasteiger partial charge in [0.25, 0.3) is 0 Å². The smallest absolute Gasteiger partial charge is 0.151 e. The Labute approximate surface area is 140 Å². The maximum Gasteiger partial charge on any atom is 0.151 e. The minimum atomic E-state index is -2.87. The van der Waals surface area contributed by atoms with Crippen molar-refractivity contribution in [3.8, 4) is 5.69 Å². The van der Waals surface area contributed by atoms with E-state index in [9.17, 15) is 8.42 Å². The first-order valence-corrected chi connectivity index (χ1v) is 9.76. The van der Waals surface area contributed by atoms with Crippen LogP contribution in [0, 0.1) is 0 Å². The Morgan fingerprint density at radius 3 is 2.83 bits per heavy atom. The second-order valence-electron chi connectivity index (χ2n) is 6.13. The molecule has 2 aromatic carbocycles. The number of rotatable bonds is 4. The molecule has 1 saturated heterocycles. The second kappa shape index (κ2) is 5.99. The van der Waals surface area contributed by atoms with Gasteiger partial charge in [0.15, 0.2) is 9.84 Å². The number of sulfone groups is 1. The van der Waals surface area contributed by atoms with E-state index in [0.717, 1.165) is 22.2 Å². The van der Waals surface area contributed by atoms with E-state index in [1.165, 1.54) is 0 Å². The fraction of sp³-hybridized carbons (Fsp3) is 0.294. The van der Waals surface area contributed by atoms with Gasteiger partial charge < -0.3 is 5.32 Å². The molecule has 1 aromatic heterocycles. The van der Waals surface area contributed by atoms with Crippen LogP contribution in [0.5, 0.6) is 0 Å². The van der Waals surface area contributed by atoms with Crippen LogP contribution in [0.2, 0.25) is 0 Å². The Balaban J connectivity index is 1.52. The van der Waals surface area contributed by atoms with E-state index in [0.29, 0.717) is 13.0 Å². The predicted octanol–water partition coefficient (Wildman–Crippen LogP) is 1.70. The van der Waals surface area contributed by atoms with Gasteiger partial charge in [-0.25, -0.2) is 13.1 Å². The molecule has 1 fully saturated rings. The zero-order chi connectivity index (χ0) is 16.6. The van der Waals surface area contributed by atoms with Crippen molar-refractivity contribution in [1.82, 2.24) is 20.3 Å². The van der Waals surface area contributed by atoms with Crippen molar-refractivity contribution in [3.05, 3.63) is 54.4 Å². The summed E-state index contributed by atoms with van der Waals surface area (Å²) in [5.74, 6) is 0.484. The predicted molar refractivity (Wildman–Crippen MR) is 92.8 cm³/mol. The van der Waals surface area contributed by atoms with Gasteiger partial charge in [-0.15, -0.1) is 5.10 Å². The van der Waals surface area contributed by atoms with Crippen LogP contribution in [0.4, 0.5) is 0 Å². The average molecular weight is 342 g/mol. The third kappa shape index (κ3) is 3.05. The van der Waals surface area contributed by atoms with Crippen LogP contribution in [0.1, 0.15) is 12.1 Å². The number of nitrogens with one attached hydrogen (secondary N) is 1. The highest BCUT2D eigenvalue weighted by Crippen LogP contribution is 2.21. The van der Waals surface area contributed by atoms with E-state index in [2.05, 4.69) is 33.8 Å². The van der Waals surface area contributed by atoms with Crippen LogP contribution >= 0.6 is 0 Å². The number of aromatic nitrogens is 3. The first-order valence-electron chi connectivity index (χ1n) is 7.94. The molecule has 1 aliphatic rings. The van der Waals surface area contributed by atoms with Crippen molar-refractivity contribution in [3.63, 3.8) is 0 Å². The molecule has 0 saturated carbocycles. The van der Waals surface area contributed by atoms with Gasteiger partial charge in [-0.2, -0.15) is 0 Å². The van der Waals surface area contributed by atoms with Crippen LogP contribution in [-0.2, 0) is 16.4 Å². The zero-order valence-corrected chi connectivity index (χ0v) is 13.9. The Kier molecular flexibility index (Phi) is 3.82. The summed E-state index contributed by atoms with van der Waals surface area (Å²) >= 11 is 0. The molecule has 7 heteroatoms. The molecule has 3 aromatic rings. The fourth-order valence-corrected chi connectivity index (χ4v) is 4.82. The van der Waals surface area contributed by atoms with Crippen molar-refractivity contribution < 1.29 is 8.42 Å². The molecule has 24 heavy (non-hydrogen) atoms. The van der Waals surface area contributed by atoms with Crippen molar-refractivity contribution >= 4 is 20.6 Å². The van der Waals surface area contributed by atoms with Crippen molar-refractivity contribution in [2.24, 2.45) is 0 Å². The van der Waals surface area contributed by atoms with Gasteiger partial charge >= 0.3 is 0 Å². The molecule has 1 N–H and O–H groups in total. The topological polar surface area (TPSA) is 76.9 Å². The first-order chi connectivity index (χ1) is 11.6. The van der Waals surface area contributed by atoms with Gasteiger partial charge in [-0.3, -0.25) is 0 Å². The SMILES string of the molecule is O=S1(=O)CCC(NCc2cn(-c3cccc4ccccc34)nn2)C1. The van der Waals surface area contributed by atoms with E-state index >= 15 is 0 Å². The lowest BCUT2D eigenvalue weighted by atomic mass is 10.1. The van der Waals surface area contributed by atoms with Gasteiger partial charge in [-0.1, -0.05) is 41.6 Å². The third-order valence-electron chi connectivity index (χ3n) is 4.36. The summed E-state index contributed by atoms with van der Waals surface area (Å²) in [6, 6.07) is 14.2. The van der Waals surface area contributed by atoms with Crippen LogP contribution in [-0.4, -0.2) is 41.0 Å². The minimum Gasteiger partial charge on any atom is -0.307 e. The fourth-order valence-electron chi connectivity index (χ4n) is 3.11. The molecule has 124 valence electrons. The lowest BCUT2D eigenvalue weighted by Crippen LogP contribution is -2.29. The number of fused-ring (bicyclic) bond motifs is 1. The van der Waals surface area contributed by atoms with Crippen LogP contribution in [0.3, 0.4) is 0 Å². The number of nitrogens with zero attached hydrogens (tertiary/aromatic N) is 3. The first kappa shape index (κ1) is 15.3. The molecule has 1 unspecified atom stereocenters. The maximum absolute atomic E-state index is 11.5. The minimum absolute atomic E-state index is 0.0118. The van der Waals surface area contributed by atoms with E-state index in [1.807, 2.05) is 30.5 Å². The average Bonchev–Trinajstić information content (AvgIpc) is 3.18. The summed E-state index contributed by atoms with van der Waals surface area (Å²) in [6.45, 7) is 0.519. The quantitative estimate of drug-likeness (QED) is 0.781. The summed E-state index contributed by atoms with van der Waals surface area (Å²) in [7, 11) is -2.87. The van der Waals surface area contributed by atoms with E-state index in [4.69, 9.17) is 0 Å².